The first-order valence-corrected chi connectivity index (χ1v) is 8.81. The van der Waals surface area contributed by atoms with Gasteiger partial charge in [0.1, 0.15) is 0 Å². The predicted molar refractivity (Wildman–Crippen MR) is 94.6 cm³/mol. The summed E-state index contributed by atoms with van der Waals surface area (Å²) >= 11 is 12.5. The van der Waals surface area contributed by atoms with Gasteiger partial charge in [0, 0.05) is 11.1 Å². The molecule has 0 aliphatic heterocycles. The van der Waals surface area contributed by atoms with E-state index in [2.05, 4.69) is 26.1 Å². The Labute approximate surface area is 139 Å². The first-order chi connectivity index (χ1) is 9.83. The van der Waals surface area contributed by atoms with Crippen LogP contribution in [0.15, 0.2) is 12.1 Å². The van der Waals surface area contributed by atoms with E-state index in [1.54, 1.807) is 0 Å². The Hall–Kier alpha value is -0.400. The van der Waals surface area contributed by atoms with Gasteiger partial charge in [-0.3, -0.25) is 0 Å². The lowest BCUT2D eigenvalue weighted by Gasteiger charge is -2.39. The molecule has 1 aliphatic rings. The van der Waals surface area contributed by atoms with Crippen LogP contribution in [0.2, 0.25) is 10.0 Å². The standard InChI is InChI=1S/C18H27Cl2N/c1-5-18(3,4)13-6-8-14(9-7-13)21-17-11-15(19)12(2)10-16(17)20/h10-11,13-14,21H,5-9H2,1-4H3. The lowest BCUT2D eigenvalue weighted by molar-refractivity contribution is 0.147. The van der Waals surface area contributed by atoms with Gasteiger partial charge in [0.2, 0.25) is 0 Å². The van der Waals surface area contributed by atoms with Crippen LogP contribution in [0.4, 0.5) is 5.69 Å². The Kier molecular flexibility index (Phi) is 5.48. The molecule has 118 valence electrons. The fourth-order valence-corrected chi connectivity index (χ4v) is 3.72. The number of benzene rings is 1. The quantitative estimate of drug-likeness (QED) is 0.648. The minimum atomic E-state index is 0.468. The molecule has 2 rings (SSSR count). The summed E-state index contributed by atoms with van der Waals surface area (Å²) in [6.45, 7) is 9.10. The third kappa shape index (κ3) is 4.07. The first-order valence-electron chi connectivity index (χ1n) is 8.05. The molecular formula is C18H27Cl2N. The van der Waals surface area contributed by atoms with Gasteiger partial charge in [-0.25, -0.2) is 0 Å². The van der Waals surface area contributed by atoms with Crippen LogP contribution in [0.3, 0.4) is 0 Å². The molecule has 1 aromatic carbocycles. The number of rotatable bonds is 4. The van der Waals surface area contributed by atoms with Crippen LogP contribution in [-0.2, 0) is 0 Å². The Morgan fingerprint density at radius 1 is 1.10 bits per heavy atom. The molecular weight excluding hydrogens is 301 g/mol. The zero-order valence-corrected chi connectivity index (χ0v) is 15.1. The molecule has 1 aromatic rings. The summed E-state index contributed by atoms with van der Waals surface area (Å²) < 4.78 is 0. The SMILES string of the molecule is CCC(C)(C)C1CCC(Nc2cc(Cl)c(C)cc2Cl)CC1. The van der Waals surface area contributed by atoms with Crippen molar-refractivity contribution in [1.82, 2.24) is 0 Å². The van der Waals surface area contributed by atoms with Gasteiger partial charge in [-0.1, -0.05) is 50.4 Å². The molecule has 0 spiro atoms. The van der Waals surface area contributed by atoms with E-state index in [1.807, 2.05) is 19.1 Å². The van der Waals surface area contributed by atoms with Gasteiger partial charge in [-0.15, -0.1) is 0 Å². The third-order valence-electron chi connectivity index (χ3n) is 5.35. The van der Waals surface area contributed by atoms with Crippen LogP contribution >= 0.6 is 23.2 Å². The Morgan fingerprint density at radius 2 is 1.71 bits per heavy atom. The van der Waals surface area contributed by atoms with Crippen molar-refractivity contribution in [2.75, 3.05) is 5.32 Å². The van der Waals surface area contributed by atoms with Crippen LogP contribution in [-0.4, -0.2) is 6.04 Å². The van der Waals surface area contributed by atoms with Gasteiger partial charge in [0.15, 0.2) is 0 Å². The van der Waals surface area contributed by atoms with Crippen molar-refractivity contribution in [3.05, 3.63) is 27.7 Å². The van der Waals surface area contributed by atoms with E-state index in [-0.39, 0.29) is 0 Å². The fraction of sp³-hybridized carbons (Fsp3) is 0.667. The van der Waals surface area contributed by atoms with Gasteiger partial charge in [0.25, 0.3) is 0 Å². The highest BCUT2D eigenvalue weighted by atomic mass is 35.5. The molecule has 0 radical (unpaired) electrons. The van der Waals surface area contributed by atoms with E-state index in [9.17, 15) is 0 Å². The maximum absolute atomic E-state index is 6.32. The number of hydrogen-bond acceptors (Lipinski definition) is 1. The number of anilines is 1. The number of nitrogens with one attached hydrogen (secondary N) is 1. The van der Waals surface area contributed by atoms with E-state index < -0.39 is 0 Å². The van der Waals surface area contributed by atoms with Gasteiger partial charge < -0.3 is 5.32 Å². The van der Waals surface area contributed by atoms with Crippen LogP contribution in [0, 0.1) is 18.3 Å². The topological polar surface area (TPSA) is 12.0 Å². The maximum Gasteiger partial charge on any atom is 0.0641 e. The summed E-state index contributed by atoms with van der Waals surface area (Å²) in [5.41, 5.74) is 2.47. The number of hydrogen-bond donors (Lipinski definition) is 1. The van der Waals surface area contributed by atoms with Gasteiger partial charge in [0.05, 0.1) is 10.7 Å². The van der Waals surface area contributed by atoms with Crippen LogP contribution in [0.25, 0.3) is 0 Å². The zero-order valence-electron chi connectivity index (χ0n) is 13.6. The van der Waals surface area contributed by atoms with Gasteiger partial charge in [-0.2, -0.15) is 0 Å². The molecule has 0 bridgehead atoms. The molecule has 1 nitrogen and oxygen atoms in total. The van der Waals surface area contributed by atoms with E-state index >= 15 is 0 Å². The molecule has 0 aromatic heterocycles. The predicted octanol–water partition coefficient (Wildman–Crippen LogP) is 6.71. The Bertz CT molecular complexity index is 488. The van der Waals surface area contributed by atoms with Crippen LogP contribution < -0.4 is 5.32 Å². The molecule has 0 amide bonds. The molecule has 1 aliphatic carbocycles. The smallest absolute Gasteiger partial charge is 0.0641 e. The first kappa shape index (κ1) is 17.0. The molecule has 0 atom stereocenters. The second-order valence-electron chi connectivity index (χ2n) is 7.12. The average Bonchev–Trinajstić information content (AvgIpc) is 2.45. The normalized spacial score (nSPS) is 23.1. The average molecular weight is 328 g/mol. The van der Waals surface area contributed by atoms with E-state index in [4.69, 9.17) is 23.2 Å². The van der Waals surface area contributed by atoms with Crippen LogP contribution in [0.5, 0.6) is 0 Å². The second kappa shape index (κ2) is 6.79. The lowest BCUT2D eigenvalue weighted by Crippen LogP contribution is -2.32. The van der Waals surface area contributed by atoms with Crippen molar-refractivity contribution in [1.29, 1.82) is 0 Å². The summed E-state index contributed by atoms with van der Waals surface area (Å²) in [4.78, 5) is 0. The van der Waals surface area contributed by atoms with E-state index in [0.717, 1.165) is 27.2 Å². The minimum absolute atomic E-state index is 0.468. The second-order valence-corrected chi connectivity index (χ2v) is 7.93. The molecule has 3 heteroatoms. The maximum atomic E-state index is 6.32. The monoisotopic (exact) mass is 327 g/mol. The fourth-order valence-electron chi connectivity index (χ4n) is 3.28. The largest absolute Gasteiger partial charge is 0.381 e. The zero-order chi connectivity index (χ0) is 15.6. The van der Waals surface area contributed by atoms with Gasteiger partial charge in [-0.05, 0) is 61.6 Å². The molecule has 0 unspecified atom stereocenters. The van der Waals surface area contributed by atoms with Crippen molar-refractivity contribution in [3.8, 4) is 0 Å². The Morgan fingerprint density at radius 3 is 2.29 bits per heavy atom. The molecule has 0 heterocycles. The Balaban J connectivity index is 1.97. The number of aryl methyl sites for hydroxylation is 1. The lowest BCUT2D eigenvalue weighted by atomic mass is 9.69. The van der Waals surface area contributed by atoms with Crippen LogP contribution in [0.1, 0.15) is 58.4 Å². The minimum Gasteiger partial charge on any atom is -0.381 e. The summed E-state index contributed by atoms with van der Waals surface area (Å²) in [6.07, 6.45) is 6.30. The highest BCUT2D eigenvalue weighted by molar-refractivity contribution is 6.35. The summed E-state index contributed by atoms with van der Waals surface area (Å²) in [7, 11) is 0. The molecule has 1 saturated carbocycles. The van der Waals surface area contributed by atoms with Crippen molar-refractivity contribution in [3.63, 3.8) is 0 Å². The summed E-state index contributed by atoms with van der Waals surface area (Å²) in [6, 6.07) is 4.42. The molecule has 21 heavy (non-hydrogen) atoms. The highest BCUT2D eigenvalue weighted by Gasteiger charge is 2.31. The molecule has 1 fully saturated rings. The van der Waals surface area contributed by atoms with Crippen molar-refractivity contribution in [2.24, 2.45) is 11.3 Å². The van der Waals surface area contributed by atoms with Crippen molar-refractivity contribution >= 4 is 28.9 Å². The van der Waals surface area contributed by atoms with E-state index in [0.29, 0.717) is 11.5 Å². The molecule has 1 N–H and O–H groups in total. The highest BCUT2D eigenvalue weighted by Crippen LogP contribution is 2.41. The van der Waals surface area contributed by atoms with E-state index in [1.165, 1.54) is 32.1 Å². The van der Waals surface area contributed by atoms with Gasteiger partial charge >= 0.3 is 0 Å². The van der Waals surface area contributed by atoms with Crippen molar-refractivity contribution < 1.29 is 0 Å². The summed E-state index contributed by atoms with van der Waals surface area (Å²) in [5, 5.41) is 5.14. The molecule has 0 saturated heterocycles. The summed E-state index contributed by atoms with van der Waals surface area (Å²) in [5.74, 6) is 0.845. The number of halogens is 2. The van der Waals surface area contributed by atoms with Crippen molar-refractivity contribution in [2.45, 2.75) is 65.8 Å². The third-order valence-corrected chi connectivity index (χ3v) is 6.07.